The fourth-order valence-electron chi connectivity index (χ4n) is 3.64. The summed E-state index contributed by atoms with van der Waals surface area (Å²) in [5, 5.41) is 0.536. The quantitative estimate of drug-likeness (QED) is 0.252. The molecule has 1 atom stereocenters. The van der Waals surface area contributed by atoms with Gasteiger partial charge in [-0.2, -0.15) is 0 Å². The Bertz CT molecular complexity index is 1010. The molecule has 3 rings (SSSR count). The Morgan fingerprint density at radius 2 is 1.65 bits per heavy atom. The van der Waals surface area contributed by atoms with Crippen molar-refractivity contribution in [3.05, 3.63) is 101 Å². The van der Waals surface area contributed by atoms with E-state index in [2.05, 4.69) is 19.1 Å². The molecule has 0 aliphatic heterocycles. The van der Waals surface area contributed by atoms with Gasteiger partial charge in [0.15, 0.2) is 0 Å². The van der Waals surface area contributed by atoms with Crippen molar-refractivity contribution in [1.29, 1.82) is 0 Å². The van der Waals surface area contributed by atoms with E-state index in [0.29, 0.717) is 5.03 Å². The van der Waals surface area contributed by atoms with Crippen LogP contribution in [0, 0.1) is 0 Å². The average Bonchev–Trinajstić information content (AvgIpc) is 2.80. The number of allylic oxidation sites excluding steroid dienone is 2. The van der Waals surface area contributed by atoms with E-state index in [1.807, 2.05) is 66.7 Å². The summed E-state index contributed by atoms with van der Waals surface area (Å²) in [5.74, 6) is 2.43. The molecular weight excluding hydrogens is 408 g/mol. The van der Waals surface area contributed by atoms with Crippen LogP contribution in [0.25, 0.3) is 0 Å². The molecule has 3 nitrogen and oxygen atoms in total. The summed E-state index contributed by atoms with van der Waals surface area (Å²) >= 11 is 6.57. The number of carbonyl (C=O) groups is 1. The summed E-state index contributed by atoms with van der Waals surface area (Å²) < 4.78 is 11.2. The second-order valence-electron chi connectivity index (χ2n) is 7.63. The van der Waals surface area contributed by atoms with Crippen LogP contribution in [-0.4, -0.2) is 13.4 Å². The van der Waals surface area contributed by atoms with E-state index >= 15 is 0 Å². The maximum Gasteiger partial charge on any atom is 0.144 e. The number of benzene rings is 3. The molecule has 0 bridgehead atoms. The molecule has 160 valence electrons. The van der Waals surface area contributed by atoms with Crippen molar-refractivity contribution in [2.45, 2.75) is 31.6 Å². The predicted octanol–water partition coefficient (Wildman–Crippen LogP) is 7.09. The van der Waals surface area contributed by atoms with E-state index in [1.54, 1.807) is 7.11 Å². The highest BCUT2D eigenvalue weighted by Crippen LogP contribution is 2.39. The molecule has 0 amide bonds. The smallest absolute Gasteiger partial charge is 0.144 e. The Hall–Kier alpha value is -3.04. The minimum Gasteiger partial charge on any atom is -0.497 e. The fraction of sp³-hybridized carbons (Fsp3) is 0.222. The van der Waals surface area contributed by atoms with E-state index in [9.17, 15) is 4.79 Å². The zero-order chi connectivity index (χ0) is 22.1. The highest BCUT2D eigenvalue weighted by molar-refractivity contribution is 6.31. The number of halogens is 1. The molecule has 31 heavy (non-hydrogen) atoms. The predicted molar refractivity (Wildman–Crippen MR) is 126 cm³/mol. The van der Waals surface area contributed by atoms with Crippen LogP contribution in [0.5, 0.6) is 17.2 Å². The average molecular weight is 435 g/mol. The van der Waals surface area contributed by atoms with Gasteiger partial charge in [0.1, 0.15) is 23.5 Å². The van der Waals surface area contributed by atoms with Crippen LogP contribution in [0.3, 0.4) is 0 Å². The molecule has 0 aliphatic rings. The first kappa shape index (κ1) is 22.6. The maximum atomic E-state index is 11.1. The number of rotatable bonds is 10. The second-order valence-corrected chi connectivity index (χ2v) is 8.03. The summed E-state index contributed by atoms with van der Waals surface area (Å²) in [7, 11) is 1.64. The zero-order valence-corrected chi connectivity index (χ0v) is 18.6. The lowest BCUT2D eigenvalue weighted by Crippen LogP contribution is -2.23. The van der Waals surface area contributed by atoms with Gasteiger partial charge in [-0.05, 0) is 72.9 Å². The first-order valence-corrected chi connectivity index (χ1v) is 10.7. The first-order chi connectivity index (χ1) is 15.0. The third-order valence-corrected chi connectivity index (χ3v) is 6.03. The molecule has 0 N–H and O–H groups in total. The second kappa shape index (κ2) is 10.8. The highest BCUT2D eigenvalue weighted by Gasteiger charge is 2.30. The fourth-order valence-corrected chi connectivity index (χ4v) is 3.89. The number of methoxy groups -OCH3 is 1. The van der Waals surface area contributed by atoms with Gasteiger partial charge in [0.05, 0.1) is 7.11 Å². The van der Waals surface area contributed by atoms with Crippen molar-refractivity contribution in [3.8, 4) is 17.2 Å². The summed E-state index contributed by atoms with van der Waals surface area (Å²) in [4.78, 5) is 11.1. The standard InChI is InChI=1S/C27H27ClO3/c1-27(26(28)17-19-29,22-13-15-23(30-2)16-14-22)18-7-9-21-8-6-12-25(20-21)31-24-10-4-3-5-11-24/h3-6,8,10-17,19-20H,7,9,18H2,1-2H3. The molecule has 0 radical (unpaired) electrons. The number of aldehydes is 1. The Morgan fingerprint density at radius 3 is 2.32 bits per heavy atom. The molecule has 4 heteroatoms. The number of carbonyl (C=O) groups excluding carboxylic acids is 1. The lowest BCUT2D eigenvalue weighted by Gasteiger charge is -2.30. The Labute approximate surface area is 189 Å². The molecule has 0 spiro atoms. The van der Waals surface area contributed by atoms with Crippen LogP contribution in [0.1, 0.15) is 30.9 Å². The molecule has 0 fully saturated rings. The van der Waals surface area contributed by atoms with Crippen molar-refractivity contribution < 1.29 is 14.3 Å². The van der Waals surface area contributed by atoms with Crippen molar-refractivity contribution in [1.82, 2.24) is 0 Å². The van der Waals surface area contributed by atoms with Gasteiger partial charge in [-0.15, -0.1) is 0 Å². The topological polar surface area (TPSA) is 35.5 Å². The molecular formula is C27H27ClO3. The van der Waals surface area contributed by atoms with Crippen molar-refractivity contribution in [3.63, 3.8) is 0 Å². The van der Waals surface area contributed by atoms with E-state index in [0.717, 1.165) is 48.4 Å². The van der Waals surface area contributed by atoms with Crippen LogP contribution < -0.4 is 9.47 Å². The summed E-state index contributed by atoms with van der Waals surface area (Å²) in [6.45, 7) is 2.08. The van der Waals surface area contributed by atoms with Crippen LogP contribution in [-0.2, 0) is 16.6 Å². The van der Waals surface area contributed by atoms with Crippen LogP contribution in [0.4, 0.5) is 0 Å². The summed E-state index contributed by atoms with van der Waals surface area (Å²) in [5.41, 5.74) is 1.80. The molecule has 0 saturated carbocycles. The summed E-state index contributed by atoms with van der Waals surface area (Å²) in [6, 6.07) is 25.7. The zero-order valence-electron chi connectivity index (χ0n) is 17.9. The number of para-hydroxylation sites is 1. The first-order valence-electron chi connectivity index (χ1n) is 10.3. The van der Waals surface area contributed by atoms with E-state index in [-0.39, 0.29) is 0 Å². The normalized spacial score (nSPS) is 13.3. The minimum atomic E-state index is -0.452. The molecule has 0 heterocycles. The number of hydrogen-bond donors (Lipinski definition) is 0. The SMILES string of the molecule is COc1ccc(C(C)(CCCc2cccc(Oc3ccccc3)c2)C(Cl)=CC=O)cc1. The van der Waals surface area contributed by atoms with Gasteiger partial charge in [-0.25, -0.2) is 0 Å². The molecule has 3 aromatic rings. The molecule has 1 unspecified atom stereocenters. The largest absolute Gasteiger partial charge is 0.497 e. The van der Waals surface area contributed by atoms with Gasteiger partial charge in [-0.1, -0.05) is 61.0 Å². The van der Waals surface area contributed by atoms with Gasteiger partial charge in [0.25, 0.3) is 0 Å². The van der Waals surface area contributed by atoms with E-state index in [4.69, 9.17) is 21.1 Å². The monoisotopic (exact) mass is 434 g/mol. The minimum absolute atomic E-state index is 0.452. The van der Waals surface area contributed by atoms with Gasteiger partial charge in [0.2, 0.25) is 0 Å². The third kappa shape index (κ3) is 5.99. The number of ether oxygens (including phenoxy) is 2. The van der Waals surface area contributed by atoms with Crippen molar-refractivity contribution in [2.75, 3.05) is 7.11 Å². The molecule has 0 aliphatic carbocycles. The lowest BCUT2D eigenvalue weighted by molar-refractivity contribution is -0.104. The van der Waals surface area contributed by atoms with Crippen LogP contribution in [0.15, 0.2) is 90.0 Å². The van der Waals surface area contributed by atoms with Crippen molar-refractivity contribution in [2.24, 2.45) is 0 Å². The molecule has 3 aromatic carbocycles. The Balaban J connectivity index is 1.71. The summed E-state index contributed by atoms with van der Waals surface area (Å²) in [6.07, 6.45) is 4.77. The highest BCUT2D eigenvalue weighted by atomic mass is 35.5. The maximum absolute atomic E-state index is 11.1. The van der Waals surface area contributed by atoms with Crippen LogP contribution >= 0.6 is 11.6 Å². The van der Waals surface area contributed by atoms with Gasteiger partial charge in [0, 0.05) is 10.4 Å². The third-order valence-electron chi connectivity index (χ3n) is 5.49. The molecule has 0 aromatic heterocycles. The van der Waals surface area contributed by atoms with E-state index in [1.165, 1.54) is 11.6 Å². The van der Waals surface area contributed by atoms with E-state index < -0.39 is 5.41 Å². The Kier molecular flexibility index (Phi) is 7.91. The van der Waals surface area contributed by atoms with Gasteiger partial charge in [-0.3, -0.25) is 4.79 Å². The van der Waals surface area contributed by atoms with Crippen LogP contribution in [0.2, 0.25) is 0 Å². The van der Waals surface area contributed by atoms with Gasteiger partial charge >= 0.3 is 0 Å². The number of aryl methyl sites for hydroxylation is 1. The lowest BCUT2D eigenvalue weighted by atomic mass is 9.77. The Morgan fingerprint density at radius 1 is 0.935 bits per heavy atom. The molecule has 0 saturated heterocycles. The number of hydrogen-bond acceptors (Lipinski definition) is 3. The van der Waals surface area contributed by atoms with Gasteiger partial charge < -0.3 is 9.47 Å². The van der Waals surface area contributed by atoms with Crippen molar-refractivity contribution >= 4 is 17.9 Å².